The number of rotatable bonds is 9. The van der Waals surface area contributed by atoms with Gasteiger partial charge in [-0.15, -0.1) is 22.7 Å². The number of aromatic nitrogens is 1. The van der Waals surface area contributed by atoms with Gasteiger partial charge in [-0.05, 0) is 36.2 Å². The molecular formula is C31H34ClN5O5S3. The van der Waals surface area contributed by atoms with Crippen molar-refractivity contribution in [1.29, 1.82) is 0 Å². The molecule has 1 atom stereocenters. The van der Waals surface area contributed by atoms with Crippen molar-refractivity contribution in [3.8, 4) is 0 Å². The standard InChI is InChI=1S/C31H34ClN5O5S3/c1-34-10-9-25-27(20-34)44-30(33-25)31(40)37-12-11-36(45(41,42)29-15-22-7-8-23(32)16-26(22)43-29)19-24(37)17-28(39)35(13-14-38)18-21-5-3-2-4-6-21/h2-8,15-16,24,38H,9-14,17-20H2,1H3. The molecule has 0 spiro atoms. The Morgan fingerprint density at radius 3 is 2.67 bits per heavy atom. The molecule has 6 rings (SSSR count). The number of piperazine rings is 1. The van der Waals surface area contributed by atoms with Crippen LogP contribution in [0.3, 0.4) is 0 Å². The van der Waals surface area contributed by atoms with E-state index in [1.54, 1.807) is 34.1 Å². The Balaban J connectivity index is 1.28. The molecule has 238 valence electrons. The number of carbonyl (C=O) groups excluding carboxylic acids is 2. The van der Waals surface area contributed by atoms with E-state index in [9.17, 15) is 23.1 Å². The monoisotopic (exact) mass is 687 g/mol. The third kappa shape index (κ3) is 6.94. The number of likely N-dealkylation sites (N-methyl/N-ethyl adjacent to an activating group) is 1. The number of hydrogen-bond donors (Lipinski definition) is 1. The van der Waals surface area contributed by atoms with Crippen LogP contribution in [0.1, 0.15) is 32.4 Å². The maximum absolute atomic E-state index is 14.0. The third-order valence-corrected chi connectivity index (χ3v) is 12.9. The van der Waals surface area contributed by atoms with Gasteiger partial charge in [-0.3, -0.25) is 9.59 Å². The molecule has 4 heterocycles. The summed E-state index contributed by atoms with van der Waals surface area (Å²) in [5, 5.41) is 11.4. The number of halogens is 1. The fourth-order valence-corrected chi connectivity index (χ4v) is 10.2. The van der Waals surface area contributed by atoms with Crippen LogP contribution in [0.25, 0.3) is 10.1 Å². The molecule has 1 saturated heterocycles. The number of aliphatic hydroxyl groups is 1. The summed E-state index contributed by atoms with van der Waals surface area (Å²) in [7, 11) is -1.89. The molecule has 4 aromatic rings. The predicted molar refractivity (Wildman–Crippen MR) is 176 cm³/mol. The fraction of sp³-hybridized carbons (Fsp3) is 0.387. The van der Waals surface area contributed by atoms with E-state index in [-0.39, 0.29) is 55.2 Å². The van der Waals surface area contributed by atoms with Crippen molar-refractivity contribution in [2.75, 3.05) is 46.4 Å². The molecule has 0 aliphatic carbocycles. The molecule has 2 amide bonds. The topological polar surface area (TPSA) is 114 Å². The van der Waals surface area contributed by atoms with E-state index >= 15 is 0 Å². The number of carbonyl (C=O) groups is 2. The number of benzene rings is 2. The molecule has 1 fully saturated rings. The lowest BCUT2D eigenvalue weighted by atomic mass is 10.1. The zero-order chi connectivity index (χ0) is 31.7. The van der Waals surface area contributed by atoms with Crippen LogP contribution in [0, 0.1) is 0 Å². The number of thiophene rings is 1. The molecule has 0 bridgehead atoms. The first-order valence-electron chi connectivity index (χ1n) is 14.7. The van der Waals surface area contributed by atoms with Crippen molar-refractivity contribution in [3.05, 3.63) is 80.8 Å². The van der Waals surface area contributed by atoms with Gasteiger partial charge in [0, 0.05) is 73.3 Å². The minimum Gasteiger partial charge on any atom is -0.395 e. The van der Waals surface area contributed by atoms with E-state index in [0.29, 0.717) is 16.6 Å². The number of nitrogens with zero attached hydrogens (tertiary/aromatic N) is 5. The minimum absolute atomic E-state index is 0.0407. The number of amides is 2. The van der Waals surface area contributed by atoms with Gasteiger partial charge in [0.1, 0.15) is 4.21 Å². The van der Waals surface area contributed by atoms with Crippen LogP contribution in [-0.4, -0.2) is 102 Å². The summed E-state index contributed by atoms with van der Waals surface area (Å²) < 4.78 is 30.2. The van der Waals surface area contributed by atoms with E-state index in [4.69, 9.17) is 11.6 Å². The highest BCUT2D eigenvalue weighted by Gasteiger charge is 2.40. The first kappa shape index (κ1) is 32.0. The average Bonchev–Trinajstić information content (AvgIpc) is 3.65. The highest BCUT2D eigenvalue weighted by molar-refractivity contribution is 7.91. The van der Waals surface area contributed by atoms with Crippen molar-refractivity contribution in [2.45, 2.75) is 36.2 Å². The van der Waals surface area contributed by atoms with Crippen LogP contribution in [0.2, 0.25) is 5.02 Å². The first-order valence-corrected chi connectivity index (χ1v) is 18.2. The number of sulfonamides is 1. The van der Waals surface area contributed by atoms with Gasteiger partial charge in [0.05, 0.1) is 18.3 Å². The van der Waals surface area contributed by atoms with Crippen molar-refractivity contribution >= 4 is 66.2 Å². The second-order valence-electron chi connectivity index (χ2n) is 11.4. The molecule has 14 heteroatoms. The summed E-state index contributed by atoms with van der Waals surface area (Å²) in [6.45, 7) is 1.95. The van der Waals surface area contributed by atoms with Gasteiger partial charge >= 0.3 is 0 Å². The largest absolute Gasteiger partial charge is 0.395 e. The summed E-state index contributed by atoms with van der Waals surface area (Å²) >= 11 is 8.67. The fourth-order valence-electron chi connectivity index (χ4n) is 5.81. The molecule has 45 heavy (non-hydrogen) atoms. The number of aliphatic hydroxyl groups excluding tert-OH is 1. The molecule has 2 aliphatic heterocycles. The SMILES string of the molecule is CN1CCc2nc(C(=O)N3CCN(S(=O)(=O)c4cc5ccc(Cl)cc5s4)CC3CC(=O)N(CCO)Cc3ccccc3)sc2C1. The van der Waals surface area contributed by atoms with Crippen molar-refractivity contribution in [2.24, 2.45) is 0 Å². The maximum Gasteiger partial charge on any atom is 0.283 e. The van der Waals surface area contributed by atoms with Gasteiger partial charge in [0.15, 0.2) is 5.01 Å². The zero-order valence-electron chi connectivity index (χ0n) is 24.8. The summed E-state index contributed by atoms with van der Waals surface area (Å²) in [4.78, 5) is 38.8. The Kier molecular flexibility index (Phi) is 9.57. The Hall–Kier alpha value is -2.91. The van der Waals surface area contributed by atoms with E-state index in [0.717, 1.165) is 57.1 Å². The molecule has 1 unspecified atom stereocenters. The van der Waals surface area contributed by atoms with Crippen molar-refractivity contribution in [1.82, 2.24) is 24.0 Å². The Labute approximate surface area is 275 Å². The van der Waals surface area contributed by atoms with Crippen LogP contribution in [0.4, 0.5) is 0 Å². The second-order valence-corrected chi connectivity index (χ2v) is 16.1. The number of fused-ring (bicyclic) bond motifs is 2. The minimum atomic E-state index is -3.92. The lowest BCUT2D eigenvalue weighted by molar-refractivity contribution is -0.133. The van der Waals surface area contributed by atoms with Crippen molar-refractivity contribution < 1.29 is 23.1 Å². The molecule has 0 radical (unpaired) electrons. The van der Waals surface area contributed by atoms with Crippen LogP contribution >= 0.6 is 34.3 Å². The number of thiazole rings is 1. The Morgan fingerprint density at radius 2 is 1.89 bits per heavy atom. The van der Waals surface area contributed by atoms with Gasteiger partial charge in [-0.1, -0.05) is 48.0 Å². The lowest BCUT2D eigenvalue weighted by Crippen LogP contribution is -2.57. The third-order valence-electron chi connectivity index (χ3n) is 8.21. The summed E-state index contributed by atoms with van der Waals surface area (Å²) in [6, 6.07) is 15.6. The van der Waals surface area contributed by atoms with Gasteiger partial charge in [-0.2, -0.15) is 4.31 Å². The molecule has 2 aliphatic rings. The molecule has 2 aromatic carbocycles. The lowest BCUT2D eigenvalue weighted by Gasteiger charge is -2.40. The molecule has 1 N–H and O–H groups in total. The van der Waals surface area contributed by atoms with Gasteiger partial charge in [0.25, 0.3) is 15.9 Å². The number of hydrogen-bond acceptors (Lipinski definition) is 9. The average molecular weight is 688 g/mol. The smallest absolute Gasteiger partial charge is 0.283 e. The second kappa shape index (κ2) is 13.4. The quantitative estimate of drug-likeness (QED) is 0.284. The van der Waals surface area contributed by atoms with Crippen LogP contribution in [-0.2, 0) is 34.3 Å². The van der Waals surface area contributed by atoms with E-state index in [1.807, 2.05) is 37.4 Å². The normalized spacial score (nSPS) is 17.8. The van der Waals surface area contributed by atoms with Crippen LogP contribution < -0.4 is 0 Å². The first-order chi connectivity index (χ1) is 21.6. The molecule has 10 nitrogen and oxygen atoms in total. The van der Waals surface area contributed by atoms with Gasteiger partial charge < -0.3 is 19.8 Å². The van der Waals surface area contributed by atoms with E-state index in [1.165, 1.54) is 15.6 Å². The van der Waals surface area contributed by atoms with Gasteiger partial charge in [0.2, 0.25) is 5.91 Å². The Bertz CT molecular complexity index is 1810. The Morgan fingerprint density at radius 1 is 1.09 bits per heavy atom. The highest BCUT2D eigenvalue weighted by Crippen LogP contribution is 2.34. The summed E-state index contributed by atoms with van der Waals surface area (Å²) in [6.07, 6.45) is 0.667. The summed E-state index contributed by atoms with van der Waals surface area (Å²) in [5.74, 6) is -0.563. The molecule has 2 aromatic heterocycles. The van der Waals surface area contributed by atoms with E-state index in [2.05, 4.69) is 9.88 Å². The maximum atomic E-state index is 14.0. The van der Waals surface area contributed by atoms with Crippen LogP contribution in [0.15, 0.2) is 58.8 Å². The predicted octanol–water partition coefficient (Wildman–Crippen LogP) is 3.93. The zero-order valence-corrected chi connectivity index (χ0v) is 28.0. The molecule has 0 saturated carbocycles. The van der Waals surface area contributed by atoms with Crippen LogP contribution in [0.5, 0.6) is 0 Å². The van der Waals surface area contributed by atoms with E-state index < -0.39 is 16.1 Å². The highest BCUT2D eigenvalue weighted by atomic mass is 35.5. The summed E-state index contributed by atoms with van der Waals surface area (Å²) in [5.41, 5.74) is 1.83. The molecular weight excluding hydrogens is 654 g/mol. The van der Waals surface area contributed by atoms with Crippen molar-refractivity contribution in [3.63, 3.8) is 0 Å². The van der Waals surface area contributed by atoms with Gasteiger partial charge in [-0.25, -0.2) is 13.4 Å².